The van der Waals surface area contributed by atoms with Crippen molar-refractivity contribution in [3.8, 4) is 0 Å². The topological polar surface area (TPSA) is 74.7 Å². The monoisotopic (exact) mass is 329 g/mol. The molecule has 2 rings (SSSR count). The van der Waals surface area contributed by atoms with E-state index in [1.165, 1.54) is 12.1 Å². The van der Waals surface area contributed by atoms with Gasteiger partial charge in [-0.05, 0) is 18.6 Å². The Morgan fingerprint density at radius 3 is 2.05 bits per heavy atom. The Morgan fingerprint density at radius 1 is 1.19 bits per heavy atom. The van der Waals surface area contributed by atoms with Gasteiger partial charge in [0.1, 0.15) is 6.04 Å². The first-order valence-corrected chi connectivity index (χ1v) is 7.23. The summed E-state index contributed by atoms with van der Waals surface area (Å²) in [4.78, 5) is 36.8. The van der Waals surface area contributed by atoms with E-state index in [1.807, 2.05) is 6.92 Å². The number of rotatable bonds is 5. The van der Waals surface area contributed by atoms with Crippen LogP contribution in [0.25, 0.3) is 0 Å². The van der Waals surface area contributed by atoms with Crippen LogP contribution in [0.15, 0.2) is 12.1 Å². The molecule has 7 heteroatoms. The molecule has 0 fully saturated rings. The third kappa shape index (κ3) is 2.76. The standard InChI is InChI=1S/C14H13Cl2NO4/c1-2-3-4-11(14(20)21)17-12(18)7-5-9(15)10(16)6-8(7)13(17)19/h5-6,11H,2-4H2,1H3,(H,20,21)/t11-/m1/s1. The molecule has 1 N–H and O–H groups in total. The third-order valence-corrected chi connectivity index (χ3v) is 4.11. The molecule has 1 aromatic carbocycles. The maximum atomic E-state index is 12.3. The predicted octanol–water partition coefficient (Wildman–Crippen LogP) is 3.23. The van der Waals surface area contributed by atoms with Gasteiger partial charge in [-0.3, -0.25) is 14.5 Å². The largest absolute Gasteiger partial charge is 0.480 e. The van der Waals surface area contributed by atoms with Crippen LogP contribution in [0.2, 0.25) is 10.0 Å². The Kier molecular flexibility index (Phi) is 4.54. The molecule has 2 amide bonds. The van der Waals surface area contributed by atoms with E-state index >= 15 is 0 Å². The summed E-state index contributed by atoms with van der Waals surface area (Å²) in [7, 11) is 0. The number of carbonyl (C=O) groups is 3. The molecule has 5 nitrogen and oxygen atoms in total. The molecule has 1 heterocycles. The molecular weight excluding hydrogens is 317 g/mol. The van der Waals surface area contributed by atoms with Gasteiger partial charge in [-0.25, -0.2) is 4.79 Å². The molecule has 0 unspecified atom stereocenters. The fraction of sp³-hybridized carbons (Fsp3) is 0.357. The second-order valence-electron chi connectivity index (χ2n) is 4.79. The van der Waals surface area contributed by atoms with Gasteiger partial charge in [0.2, 0.25) is 0 Å². The molecule has 0 aromatic heterocycles. The van der Waals surface area contributed by atoms with E-state index in [0.29, 0.717) is 6.42 Å². The van der Waals surface area contributed by atoms with Gasteiger partial charge in [0.05, 0.1) is 21.2 Å². The minimum Gasteiger partial charge on any atom is -0.480 e. The number of hydrogen-bond acceptors (Lipinski definition) is 3. The van der Waals surface area contributed by atoms with E-state index < -0.39 is 23.8 Å². The van der Waals surface area contributed by atoms with Gasteiger partial charge in [-0.1, -0.05) is 43.0 Å². The maximum absolute atomic E-state index is 12.3. The SMILES string of the molecule is CCCC[C@H](C(=O)O)N1C(=O)c2cc(Cl)c(Cl)cc2C1=O. The first kappa shape index (κ1) is 15.8. The number of benzene rings is 1. The zero-order valence-electron chi connectivity index (χ0n) is 11.2. The summed E-state index contributed by atoms with van der Waals surface area (Å²) >= 11 is 11.7. The van der Waals surface area contributed by atoms with E-state index in [2.05, 4.69) is 0 Å². The van der Waals surface area contributed by atoms with Gasteiger partial charge in [-0.15, -0.1) is 0 Å². The number of hydrogen-bond donors (Lipinski definition) is 1. The number of carboxylic acid groups (broad SMARTS) is 1. The highest BCUT2D eigenvalue weighted by Crippen LogP contribution is 2.33. The number of carboxylic acids is 1. The molecule has 0 saturated heterocycles. The summed E-state index contributed by atoms with van der Waals surface area (Å²) in [5.41, 5.74) is 0.189. The lowest BCUT2D eigenvalue weighted by atomic mass is 10.1. The van der Waals surface area contributed by atoms with E-state index in [9.17, 15) is 19.5 Å². The average Bonchev–Trinajstić information content (AvgIpc) is 2.65. The van der Waals surface area contributed by atoms with Gasteiger partial charge in [0, 0.05) is 0 Å². The van der Waals surface area contributed by atoms with Crippen LogP contribution >= 0.6 is 23.2 Å². The fourth-order valence-electron chi connectivity index (χ4n) is 2.30. The number of nitrogens with zero attached hydrogens (tertiary/aromatic N) is 1. The van der Waals surface area contributed by atoms with Crippen molar-refractivity contribution in [2.45, 2.75) is 32.2 Å². The van der Waals surface area contributed by atoms with Crippen LogP contribution in [0.3, 0.4) is 0 Å². The molecule has 0 saturated carbocycles. The van der Waals surface area contributed by atoms with Crippen LogP contribution in [0, 0.1) is 0 Å². The zero-order chi connectivity index (χ0) is 15.7. The molecular formula is C14H13Cl2NO4. The number of amides is 2. The van der Waals surface area contributed by atoms with Crippen molar-refractivity contribution >= 4 is 41.0 Å². The summed E-state index contributed by atoms with van der Waals surface area (Å²) < 4.78 is 0. The highest BCUT2D eigenvalue weighted by atomic mass is 35.5. The Bertz CT molecular complexity index is 589. The molecule has 21 heavy (non-hydrogen) atoms. The van der Waals surface area contributed by atoms with Crippen molar-refractivity contribution in [3.63, 3.8) is 0 Å². The molecule has 112 valence electrons. The van der Waals surface area contributed by atoms with Crippen molar-refractivity contribution in [1.82, 2.24) is 4.90 Å². The van der Waals surface area contributed by atoms with Crippen LogP contribution in [-0.2, 0) is 4.79 Å². The Hall–Kier alpha value is -1.59. The minimum atomic E-state index is -1.20. The summed E-state index contributed by atoms with van der Waals surface area (Å²) in [6, 6.07) is 1.44. The lowest BCUT2D eigenvalue weighted by Crippen LogP contribution is -2.44. The van der Waals surface area contributed by atoms with Gasteiger partial charge in [0.15, 0.2) is 0 Å². The predicted molar refractivity (Wildman–Crippen MR) is 77.9 cm³/mol. The lowest BCUT2D eigenvalue weighted by molar-refractivity contribution is -0.141. The Labute approximate surface area is 131 Å². The number of halogens is 2. The van der Waals surface area contributed by atoms with E-state index in [4.69, 9.17) is 23.2 Å². The van der Waals surface area contributed by atoms with Gasteiger partial charge in [-0.2, -0.15) is 0 Å². The average molecular weight is 330 g/mol. The lowest BCUT2D eigenvalue weighted by Gasteiger charge is -2.22. The summed E-state index contributed by atoms with van der Waals surface area (Å²) in [6.45, 7) is 1.90. The van der Waals surface area contributed by atoms with Crippen LogP contribution in [0.4, 0.5) is 0 Å². The molecule has 1 aliphatic heterocycles. The quantitative estimate of drug-likeness (QED) is 0.841. The van der Waals surface area contributed by atoms with E-state index in [1.54, 1.807) is 0 Å². The number of fused-ring (bicyclic) bond motifs is 1. The molecule has 1 aromatic rings. The molecule has 0 radical (unpaired) electrons. The highest BCUT2D eigenvalue weighted by molar-refractivity contribution is 6.43. The molecule has 1 aliphatic rings. The number of unbranched alkanes of at least 4 members (excludes halogenated alkanes) is 1. The smallest absolute Gasteiger partial charge is 0.326 e. The van der Waals surface area contributed by atoms with E-state index in [0.717, 1.165) is 11.3 Å². The Balaban J connectivity index is 2.42. The first-order valence-electron chi connectivity index (χ1n) is 6.48. The number of carbonyl (C=O) groups excluding carboxylic acids is 2. The van der Waals surface area contributed by atoms with Crippen LogP contribution in [0.5, 0.6) is 0 Å². The number of imide groups is 1. The van der Waals surface area contributed by atoms with Crippen LogP contribution in [0.1, 0.15) is 46.9 Å². The van der Waals surface area contributed by atoms with Crippen molar-refractivity contribution in [2.24, 2.45) is 0 Å². The van der Waals surface area contributed by atoms with E-state index in [-0.39, 0.29) is 27.6 Å². The van der Waals surface area contributed by atoms with Gasteiger partial charge in [0.25, 0.3) is 11.8 Å². The summed E-state index contributed by atoms with van der Waals surface area (Å²) in [5, 5.41) is 9.59. The molecule has 0 spiro atoms. The third-order valence-electron chi connectivity index (χ3n) is 3.39. The number of aliphatic carboxylic acids is 1. The van der Waals surface area contributed by atoms with Crippen molar-refractivity contribution < 1.29 is 19.5 Å². The van der Waals surface area contributed by atoms with Crippen LogP contribution < -0.4 is 0 Å². The molecule has 0 aliphatic carbocycles. The van der Waals surface area contributed by atoms with Gasteiger partial charge >= 0.3 is 5.97 Å². The van der Waals surface area contributed by atoms with Crippen molar-refractivity contribution in [1.29, 1.82) is 0 Å². The maximum Gasteiger partial charge on any atom is 0.326 e. The summed E-state index contributed by atoms with van der Waals surface area (Å²) in [5.74, 6) is -2.48. The van der Waals surface area contributed by atoms with Crippen molar-refractivity contribution in [3.05, 3.63) is 33.3 Å². The van der Waals surface area contributed by atoms with Crippen molar-refractivity contribution in [2.75, 3.05) is 0 Å². The highest BCUT2D eigenvalue weighted by Gasteiger charge is 2.43. The molecule has 1 atom stereocenters. The Morgan fingerprint density at radius 2 is 1.67 bits per heavy atom. The minimum absolute atomic E-state index is 0.0946. The molecule has 0 bridgehead atoms. The normalized spacial score (nSPS) is 15.3. The first-order chi connectivity index (χ1) is 9.88. The fourth-order valence-corrected chi connectivity index (χ4v) is 2.62. The second-order valence-corrected chi connectivity index (χ2v) is 5.60. The second kappa shape index (κ2) is 6.03. The van der Waals surface area contributed by atoms with Crippen LogP contribution in [-0.4, -0.2) is 33.8 Å². The van der Waals surface area contributed by atoms with Gasteiger partial charge < -0.3 is 5.11 Å². The summed E-state index contributed by atoms with van der Waals surface area (Å²) in [6.07, 6.45) is 1.59. The zero-order valence-corrected chi connectivity index (χ0v) is 12.7.